The van der Waals surface area contributed by atoms with Gasteiger partial charge in [-0.05, 0) is 13.5 Å². The molecule has 0 rings (SSSR count). The van der Waals surface area contributed by atoms with Crippen molar-refractivity contribution in [1.82, 2.24) is 4.57 Å². The largest absolute Gasteiger partial charge is 0.466 e. The second-order valence-corrected chi connectivity index (χ2v) is 9.69. The minimum Gasteiger partial charge on any atom is -0.466 e. The first-order valence-electron chi connectivity index (χ1n) is 5.91. The maximum atomic E-state index is 11.5. The lowest BCUT2D eigenvalue weighted by Crippen LogP contribution is -2.51. The minimum absolute atomic E-state index is 0.107. The molecule has 0 saturated heterocycles. The summed E-state index contributed by atoms with van der Waals surface area (Å²) in [5.41, 5.74) is 0. The molecule has 0 radical (unpaired) electrons. The van der Waals surface area contributed by atoms with Gasteiger partial charge in [0.05, 0.1) is 13.0 Å². The first kappa shape index (κ1) is 15.4. The van der Waals surface area contributed by atoms with Gasteiger partial charge in [-0.3, -0.25) is 4.79 Å². The smallest absolute Gasteiger partial charge is 0.307 e. The number of carbonyl (C=O) groups excluding carboxylic acids is 1. The third kappa shape index (κ3) is 4.94. The Balaban J connectivity index is 4.57. The van der Waals surface area contributed by atoms with E-state index in [0.717, 1.165) is 6.54 Å². The van der Waals surface area contributed by atoms with E-state index < -0.39 is 8.24 Å². The SMILES string of the molecule is C=CC(CC(=O)OCC)N(CC)[Si](C)(C)C. The molecular formula is C12H25NO2Si. The Morgan fingerprint density at radius 3 is 2.31 bits per heavy atom. The third-order valence-corrected chi connectivity index (χ3v) is 4.93. The van der Waals surface area contributed by atoms with Gasteiger partial charge in [0, 0.05) is 6.04 Å². The molecule has 0 aliphatic rings. The van der Waals surface area contributed by atoms with E-state index in [1.54, 1.807) is 0 Å². The number of ether oxygens (including phenoxy) is 1. The molecule has 0 saturated carbocycles. The zero-order chi connectivity index (χ0) is 12.8. The molecule has 0 heterocycles. The van der Waals surface area contributed by atoms with E-state index in [1.807, 2.05) is 13.0 Å². The van der Waals surface area contributed by atoms with E-state index in [1.165, 1.54) is 0 Å². The predicted molar refractivity (Wildman–Crippen MR) is 71.0 cm³/mol. The molecule has 94 valence electrons. The highest BCUT2D eigenvalue weighted by atomic mass is 28.3. The van der Waals surface area contributed by atoms with Crippen LogP contribution in [-0.2, 0) is 9.53 Å². The maximum absolute atomic E-state index is 11.5. The summed E-state index contributed by atoms with van der Waals surface area (Å²) in [5, 5.41) is 0. The van der Waals surface area contributed by atoms with Crippen LogP contribution in [0, 0.1) is 0 Å². The molecule has 0 aliphatic heterocycles. The van der Waals surface area contributed by atoms with Crippen molar-refractivity contribution in [3.8, 4) is 0 Å². The van der Waals surface area contributed by atoms with Gasteiger partial charge in [0.25, 0.3) is 0 Å². The first-order valence-corrected chi connectivity index (χ1v) is 9.36. The Morgan fingerprint density at radius 2 is 2.00 bits per heavy atom. The molecule has 16 heavy (non-hydrogen) atoms. The van der Waals surface area contributed by atoms with Crippen LogP contribution in [0.15, 0.2) is 12.7 Å². The highest BCUT2D eigenvalue weighted by Gasteiger charge is 2.29. The molecule has 0 aromatic carbocycles. The summed E-state index contributed by atoms with van der Waals surface area (Å²) in [6.07, 6.45) is 2.27. The number of nitrogens with zero attached hydrogens (tertiary/aromatic N) is 1. The molecule has 0 amide bonds. The van der Waals surface area contributed by atoms with Crippen molar-refractivity contribution in [2.24, 2.45) is 0 Å². The van der Waals surface area contributed by atoms with Crippen LogP contribution in [0.4, 0.5) is 0 Å². The highest BCUT2D eigenvalue weighted by Crippen LogP contribution is 2.16. The summed E-state index contributed by atoms with van der Waals surface area (Å²) in [6, 6.07) is 0.107. The fourth-order valence-electron chi connectivity index (χ4n) is 1.92. The Labute approximate surface area is 101 Å². The van der Waals surface area contributed by atoms with Crippen LogP contribution in [0.1, 0.15) is 20.3 Å². The average Bonchev–Trinajstić information content (AvgIpc) is 2.15. The Hall–Kier alpha value is -0.613. The zero-order valence-electron chi connectivity index (χ0n) is 11.2. The lowest BCUT2D eigenvalue weighted by Gasteiger charge is -2.38. The fraction of sp³-hybridized carbons (Fsp3) is 0.750. The van der Waals surface area contributed by atoms with E-state index in [0.29, 0.717) is 13.0 Å². The molecule has 4 heteroatoms. The lowest BCUT2D eigenvalue weighted by molar-refractivity contribution is -0.143. The second-order valence-electron chi connectivity index (χ2n) is 4.77. The minimum atomic E-state index is -1.41. The predicted octanol–water partition coefficient (Wildman–Crippen LogP) is 2.65. The molecule has 0 spiro atoms. The van der Waals surface area contributed by atoms with Gasteiger partial charge >= 0.3 is 5.97 Å². The summed E-state index contributed by atoms with van der Waals surface area (Å²) in [4.78, 5) is 11.5. The number of hydrogen-bond acceptors (Lipinski definition) is 3. The van der Waals surface area contributed by atoms with E-state index in [-0.39, 0.29) is 12.0 Å². The van der Waals surface area contributed by atoms with Gasteiger partial charge in [-0.15, -0.1) is 6.58 Å². The number of likely N-dealkylation sites (N-methyl/N-ethyl adjacent to an activating group) is 1. The van der Waals surface area contributed by atoms with E-state index >= 15 is 0 Å². The average molecular weight is 243 g/mol. The summed E-state index contributed by atoms with van der Waals surface area (Å²) < 4.78 is 7.37. The van der Waals surface area contributed by atoms with Gasteiger partial charge < -0.3 is 9.30 Å². The van der Waals surface area contributed by atoms with Crippen LogP contribution in [0.2, 0.25) is 19.6 Å². The first-order chi connectivity index (χ1) is 7.36. The highest BCUT2D eigenvalue weighted by molar-refractivity contribution is 6.73. The van der Waals surface area contributed by atoms with Crippen LogP contribution in [0.3, 0.4) is 0 Å². The second kappa shape index (κ2) is 6.86. The van der Waals surface area contributed by atoms with Gasteiger partial charge in [-0.1, -0.05) is 32.6 Å². The molecule has 0 aromatic rings. The van der Waals surface area contributed by atoms with Crippen molar-refractivity contribution in [2.45, 2.75) is 46.0 Å². The van der Waals surface area contributed by atoms with Gasteiger partial charge in [-0.2, -0.15) is 0 Å². The standard InChI is InChI=1S/C12H25NO2Si/c1-7-11(10-12(14)15-9-3)13(8-2)16(4,5)6/h7,11H,1,8-10H2,2-6H3. The quantitative estimate of drug-likeness (QED) is 0.391. The van der Waals surface area contributed by atoms with E-state index in [9.17, 15) is 4.79 Å². The number of carbonyl (C=O) groups is 1. The molecule has 0 bridgehead atoms. The van der Waals surface area contributed by atoms with Crippen molar-refractivity contribution in [3.63, 3.8) is 0 Å². The van der Waals surface area contributed by atoms with Crippen LogP contribution in [0.25, 0.3) is 0 Å². The Morgan fingerprint density at radius 1 is 1.44 bits per heavy atom. The van der Waals surface area contributed by atoms with Gasteiger partial charge in [0.1, 0.15) is 8.24 Å². The normalized spacial score (nSPS) is 13.6. The van der Waals surface area contributed by atoms with Crippen molar-refractivity contribution >= 4 is 14.2 Å². The summed E-state index contributed by atoms with van der Waals surface area (Å²) in [5.74, 6) is -0.135. The lowest BCUT2D eigenvalue weighted by atomic mass is 10.2. The summed E-state index contributed by atoms with van der Waals surface area (Å²) >= 11 is 0. The van der Waals surface area contributed by atoms with Crippen LogP contribution >= 0.6 is 0 Å². The van der Waals surface area contributed by atoms with Crippen LogP contribution in [0.5, 0.6) is 0 Å². The number of esters is 1. The van der Waals surface area contributed by atoms with E-state index in [2.05, 4.69) is 37.7 Å². The molecule has 3 nitrogen and oxygen atoms in total. The summed E-state index contributed by atoms with van der Waals surface area (Å²) in [6.45, 7) is 16.0. The van der Waals surface area contributed by atoms with Gasteiger partial charge in [0.15, 0.2) is 0 Å². The van der Waals surface area contributed by atoms with Crippen molar-refractivity contribution < 1.29 is 9.53 Å². The molecule has 1 unspecified atom stereocenters. The molecule has 0 fully saturated rings. The zero-order valence-corrected chi connectivity index (χ0v) is 12.2. The number of rotatable bonds is 7. The fourth-order valence-corrected chi connectivity index (χ4v) is 4.06. The molecule has 0 aliphatic carbocycles. The molecular weight excluding hydrogens is 218 g/mol. The van der Waals surface area contributed by atoms with Gasteiger partial charge in [-0.25, -0.2) is 0 Å². The monoisotopic (exact) mass is 243 g/mol. The Kier molecular flexibility index (Phi) is 6.60. The van der Waals surface area contributed by atoms with E-state index in [4.69, 9.17) is 4.74 Å². The maximum Gasteiger partial charge on any atom is 0.307 e. The molecule has 1 atom stereocenters. The number of hydrogen-bond donors (Lipinski definition) is 0. The third-order valence-electron chi connectivity index (χ3n) is 2.56. The van der Waals surface area contributed by atoms with Gasteiger partial charge in [0.2, 0.25) is 0 Å². The Bertz CT molecular complexity index is 236. The topological polar surface area (TPSA) is 29.5 Å². The van der Waals surface area contributed by atoms with Crippen LogP contribution < -0.4 is 0 Å². The molecule has 0 N–H and O–H groups in total. The van der Waals surface area contributed by atoms with Crippen molar-refractivity contribution in [3.05, 3.63) is 12.7 Å². The van der Waals surface area contributed by atoms with Crippen LogP contribution in [-0.4, -0.2) is 38.0 Å². The summed E-state index contributed by atoms with van der Waals surface area (Å²) in [7, 11) is -1.41. The molecule has 0 aromatic heterocycles. The van der Waals surface area contributed by atoms with Crippen molar-refractivity contribution in [1.29, 1.82) is 0 Å². The van der Waals surface area contributed by atoms with Crippen molar-refractivity contribution in [2.75, 3.05) is 13.2 Å².